The van der Waals surface area contributed by atoms with Gasteiger partial charge in [0, 0.05) is 11.6 Å². The van der Waals surface area contributed by atoms with Crippen LogP contribution in [0.25, 0.3) is 10.9 Å². The molecule has 40 heavy (non-hydrogen) atoms. The Morgan fingerprint density at radius 2 is 1.52 bits per heavy atom. The van der Waals surface area contributed by atoms with Crippen LogP contribution in [0.4, 0.5) is 4.39 Å². The van der Waals surface area contributed by atoms with Gasteiger partial charge in [0.05, 0.1) is 18.6 Å². The van der Waals surface area contributed by atoms with Crippen molar-refractivity contribution in [2.45, 2.75) is 18.9 Å². The normalized spacial score (nSPS) is 13.1. The van der Waals surface area contributed by atoms with Crippen LogP contribution in [0.3, 0.4) is 0 Å². The fraction of sp³-hybridized carbons (Fsp3) is 0.121. The summed E-state index contributed by atoms with van der Waals surface area (Å²) in [4.78, 5) is 37.2. The first-order valence-corrected chi connectivity index (χ1v) is 13.0. The molecule has 6 rings (SSSR count). The minimum atomic E-state index is -0.604. The van der Waals surface area contributed by atoms with Crippen LogP contribution in [0.1, 0.15) is 38.7 Å². The van der Waals surface area contributed by atoms with Crippen molar-refractivity contribution in [3.8, 4) is 5.75 Å². The summed E-state index contributed by atoms with van der Waals surface area (Å²) in [6.45, 7) is 0.0666. The highest BCUT2D eigenvalue weighted by molar-refractivity contribution is 6.13. The minimum Gasteiger partial charge on any atom is -0.478 e. The number of carbonyl (C=O) groups excluding carboxylic acids is 2. The fourth-order valence-electron chi connectivity index (χ4n) is 4.92. The van der Waals surface area contributed by atoms with Gasteiger partial charge in [0.1, 0.15) is 17.4 Å². The maximum Gasteiger partial charge on any atom is 0.288 e. The molecule has 2 heterocycles. The topological polar surface area (TPSA) is 68.7 Å². The number of imide groups is 1. The number of hydrogen-bond acceptors (Lipinski definition) is 5. The molecule has 1 aliphatic rings. The summed E-state index contributed by atoms with van der Waals surface area (Å²) in [6.07, 6.45) is 1.49. The molecule has 0 unspecified atom stereocenters. The number of ether oxygens (including phenoxy) is 1. The number of fused-ring (bicyclic) bond motifs is 2. The van der Waals surface area contributed by atoms with Gasteiger partial charge in [-0.3, -0.25) is 19.4 Å². The Morgan fingerprint density at radius 3 is 2.20 bits per heavy atom. The zero-order chi connectivity index (χ0) is 27.5. The number of nitrogens with zero attached hydrogens (tertiary/aromatic N) is 2. The Bertz CT molecular complexity index is 1640. The van der Waals surface area contributed by atoms with Crippen LogP contribution in [0.2, 0.25) is 0 Å². The van der Waals surface area contributed by atoms with Gasteiger partial charge >= 0.3 is 0 Å². The lowest BCUT2D eigenvalue weighted by atomic mass is 9.95. The van der Waals surface area contributed by atoms with E-state index < -0.39 is 17.9 Å². The lowest BCUT2D eigenvalue weighted by molar-refractivity contribution is -0.170. The molecule has 7 heteroatoms. The van der Waals surface area contributed by atoms with Crippen molar-refractivity contribution < 1.29 is 23.6 Å². The van der Waals surface area contributed by atoms with Crippen LogP contribution < -0.4 is 4.74 Å². The zero-order valence-electron chi connectivity index (χ0n) is 21.5. The molecular weight excluding hydrogens is 507 g/mol. The number of carbonyl (C=O) groups is 2. The van der Waals surface area contributed by atoms with E-state index in [4.69, 9.17) is 9.57 Å². The van der Waals surface area contributed by atoms with Gasteiger partial charge in [-0.05, 0) is 52.9 Å². The number of hydrogen-bond donors (Lipinski definition) is 0. The molecule has 5 aromatic rings. The number of benzene rings is 4. The zero-order valence-corrected chi connectivity index (χ0v) is 21.5. The van der Waals surface area contributed by atoms with Gasteiger partial charge in [-0.25, -0.2) is 4.39 Å². The lowest BCUT2D eigenvalue weighted by Crippen LogP contribution is -2.43. The first-order valence-electron chi connectivity index (χ1n) is 13.0. The van der Waals surface area contributed by atoms with Gasteiger partial charge in [0.25, 0.3) is 11.8 Å². The smallest absolute Gasteiger partial charge is 0.288 e. The average Bonchev–Trinajstić information content (AvgIpc) is 2.99. The molecule has 0 atom stereocenters. The first-order chi connectivity index (χ1) is 19.6. The van der Waals surface area contributed by atoms with Gasteiger partial charge in [-0.1, -0.05) is 78.9 Å². The van der Waals surface area contributed by atoms with Crippen LogP contribution in [0, 0.1) is 5.82 Å². The molecule has 0 spiro atoms. The van der Waals surface area contributed by atoms with E-state index >= 15 is 0 Å². The molecule has 2 amide bonds. The molecule has 0 aliphatic carbocycles. The molecule has 0 saturated carbocycles. The van der Waals surface area contributed by atoms with Crippen LogP contribution in [-0.2, 0) is 22.5 Å². The van der Waals surface area contributed by atoms with Crippen LogP contribution in [-0.4, -0.2) is 28.5 Å². The summed E-state index contributed by atoms with van der Waals surface area (Å²) in [5.41, 5.74) is 3.97. The number of amides is 2. The van der Waals surface area contributed by atoms with E-state index in [0.29, 0.717) is 23.3 Å². The maximum absolute atomic E-state index is 13.9. The van der Waals surface area contributed by atoms with Gasteiger partial charge < -0.3 is 4.74 Å². The quantitative estimate of drug-likeness (QED) is 0.221. The summed E-state index contributed by atoms with van der Waals surface area (Å²) in [5.74, 6) is -1.10. The van der Waals surface area contributed by atoms with E-state index in [9.17, 15) is 14.0 Å². The highest BCUT2D eigenvalue weighted by Gasteiger charge is 2.37. The van der Waals surface area contributed by atoms with E-state index in [-0.39, 0.29) is 24.4 Å². The molecule has 198 valence electrons. The third-order valence-corrected chi connectivity index (χ3v) is 6.86. The van der Waals surface area contributed by atoms with E-state index in [1.165, 1.54) is 12.1 Å². The third-order valence-electron chi connectivity index (χ3n) is 6.86. The molecule has 0 radical (unpaired) electrons. The minimum absolute atomic E-state index is 0.0276. The van der Waals surface area contributed by atoms with Crippen molar-refractivity contribution in [1.29, 1.82) is 0 Å². The van der Waals surface area contributed by atoms with Crippen LogP contribution in [0.5, 0.6) is 5.75 Å². The van der Waals surface area contributed by atoms with Gasteiger partial charge in [-0.2, -0.15) is 0 Å². The molecule has 0 bridgehead atoms. The van der Waals surface area contributed by atoms with E-state index in [1.807, 2.05) is 78.9 Å². The summed E-state index contributed by atoms with van der Waals surface area (Å²) < 4.78 is 20.0. The Labute approximate surface area is 230 Å². The Balaban J connectivity index is 1.38. The summed E-state index contributed by atoms with van der Waals surface area (Å²) in [7, 11) is 0. The first kappa shape index (κ1) is 25.4. The molecule has 0 saturated heterocycles. The summed E-state index contributed by atoms with van der Waals surface area (Å²) in [5, 5.41) is 1.58. The van der Waals surface area contributed by atoms with Crippen molar-refractivity contribution in [2.75, 3.05) is 6.61 Å². The molecule has 6 nitrogen and oxygen atoms in total. The average molecular weight is 533 g/mol. The molecule has 0 fully saturated rings. The molecule has 0 N–H and O–H groups in total. The second kappa shape index (κ2) is 11.1. The second-order valence-electron chi connectivity index (χ2n) is 9.51. The monoisotopic (exact) mass is 532 g/mol. The Hall–Kier alpha value is -4.88. The maximum atomic E-state index is 13.9. The Morgan fingerprint density at radius 1 is 0.850 bits per heavy atom. The van der Waals surface area contributed by atoms with Gasteiger partial charge in [0.2, 0.25) is 0 Å². The predicted octanol–water partition coefficient (Wildman–Crippen LogP) is 6.24. The van der Waals surface area contributed by atoms with Gasteiger partial charge in [-0.15, -0.1) is 5.06 Å². The largest absolute Gasteiger partial charge is 0.478 e. The highest BCUT2D eigenvalue weighted by Crippen LogP contribution is 2.39. The fourth-order valence-corrected chi connectivity index (χ4v) is 4.92. The highest BCUT2D eigenvalue weighted by atomic mass is 19.1. The SMILES string of the molecule is O=C1Cc2cc3cccnc3c(OC(c3ccccc3)c3ccccc3)c2C(=O)N1OCCc1ccc(F)cc1. The van der Waals surface area contributed by atoms with Crippen molar-refractivity contribution in [1.82, 2.24) is 10.0 Å². The number of aromatic nitrogens is 1. The van der Waals surface area contributed by atoms with Crippen molar-refractivity contribution in [3.63, 3.8) is 0 Å². The van der Waals surface area contributed by atoms with E-state index in [2.05, 4.69) is 4.98 Å². The number of halogens is 1. The predicted molar refractivity (Wildman–Crippen MR) is 148 cm³/mol. The van der Waals surface area contributed by atoms with Crippen molar-refractivity contribution in [2.24, 2.45) is 0 Å². The molecule has 1 aliphatic heterocycles. The second-order valence-corrected chi connectivity index (χ2v) is 9.51. The van der Waals surface area contributed by atoms with Crippen molar-refractivity contribution >= 4 is 22.7 Å². The number of pyridine rings is 1. The van der Waals surface area contributed by atoms with Crippen LogP contribution in [0.15, 0.2) is 109 Å². The number of hydroxylamine groups is 2. The molecule has 1 aromatic heterocycles. The summed E-state index contributed by atoms with van der Waals surface area (Å²) in [6, 6.07) is 31.0. The molecular formula is C33H25FN2O4. The van der Waals surface area contributed by atoms with E-state index in [1.54, 1.807) is 18.3 Å². The number of rotatable bonds is 8. The van der Waals surface area contributed by atoms with Crippen LogP contribution >= 0.6 is 0 Å². The van der Waals surface area contributed by atoms with E-state index in [0.717, 1.165) is 27.1 Å². The molecule has 4 aromatic carbocycles. The lowest BCUT2D eigenvalue weighted by Gasteiger charge is -2.29. The summed E-state index contributed by atoms with van der Waals surface area (Å²) >= 11 is 0. The van der Waals surface area contributed by atoms with Crippen molar-refractivity contribution in [3.05, 3.63) is 143 Å². The standard InChI is InChI=1S/C33H25FN2O4/c34-27-15-13-22(14-16-27)17-19-39-36-28(37)21-26-20-25-12-7-18-35-30(25)32(29(26)33(36)38)40-31(23-8-3-1-4-9-23)24-10-5-2-6-11-24/h1-16,18,20,31H,17,19,21H2. The third kappa shape index (κ3) is 5.07. The Kier molecular flexibility index (Phi) is 7.04. The van der Waals surface area contributed by atoms with Gasteiger partial charge in [0.15, 0.2) is 5.75 Å².